The Morgan fingerprint density at radius 2 is 1.52 bits per heavy atom. The van der Waals surface area contributed by atoms with E-state index in [0.29, 0.717) is 11.1 Å². The highest BCUT2D eigenvalue weighted by atomic mass is 19.4. The van der Waals surface area contributed by atoms with E-state index in [0.717, 1.165) is 34.0 Å². The van der Waals surface area contributed by atoms with Gasteiger partial charge in [-0.1, -0.05) is 44.2 Å². The van der Waals surface area contributed by atoms with Crippen molar-refractivity contribution in [3.05, 3.63) is 71.3 Å². The topological polar surface area (TPSA) is 29.1 Å². The SMILES string of the molecule is CC.Cc1ccc(-c2ccc(C(F)(F)F)cc2)c2ccc(C(=O)NC(C)C)cc12. The Labute approximate surface area is 169 Å². The summed E-state index contributed by atoms with van der Waals surface area (Å²) in [4.78, 5) is 12.3. The molecule has 0 aliphatic heterocycles. The highest BCUT2D eigenvalue weighted by Gasteiger charge is 2.30. The molecule has 2 nitrogen and oxygen atoms in total. The lowest BCUT2D eigenvalue weighted by atomic mass is 9.93. The molecule has 0 aliphatic rings. The van der Waals surface area contributed by atoms with Crippen molar-refractivity contribution in [1.29, 1.82) is 0 Å². The zero-order chi connectivity index (χ0) is 21.8. The highest BCUT2D eigenvalue weighted by Crippen LogP contribution is 2.34. The molecule has 0 aliphatic carbocycles. The van der Waals surface area contributed by atoms with Crippen molar-refractivity contribution in [3.63, 3.8) is 0 Å². The maximum absolute atomic E-state index is 12.8. The fourth-order valence-corrected chi connectivity index (χ4v) is 3.07. The predicted molar refractivity (Wildman–Crippen MR) is 113 cm³/mol. The summed E-state index contributed by atoms with van der Waals surface area (Å²) in [6.45, 7) is 9.74. The number of nitrogens with one attached hydrogen (secondary N) is 1. The van der Waals surface area contributed by atoms with Crippen LogP contribution in [0.15, 0.2) is 54.6 Å². The molecule has 0 unspecified atom stereocenters. The lowest BCUT2D eigenvalue weighted by Crippen LogP contribution is -2.29. The average molecular weight is 401 g/mol. The smallest absolute Gasteiger partial charge is 0.350 e. The van der Waals surface area contributed by atoms with Gasteiger partial charge >= 0.3 is 6.18 Å². The molecule has 1 N–H and O–H groups in total. The minimum Gasteiger partial charge on any atom is -0.350 e. The number of carbonyl (C=O) groups excluding carboxylic acids is 1. The number of fused-ring (bicyclic) bond motifs is 1. The van der Waals surface area contributed by atoms with Crippen molar-refractivity contribution in [2.45, 2.75) is 46.8 Å². The van der Waals surface area contributed by atoms with Gasteiger partial charge in [-0.25, -0.2) is 0 Å². The van der Waals surface area contributed by atoms with Crippen LogP contribution in [0.1, 0.15) is 49.2 Å². The number of hydrogen-bond acceptors (Lipinski definition) is 1. The van der Waals surface area contributed by atoms with Crippen LogP contribution >= 0.6 is 0 Å². The first-order valence-corrected chi connectivity index (χ1v) is 9.68. The molecule has 0 fully saturated rings. The fraction of sp³-hybridized carbons (Fsp3) is 0.292. The zero-order valence-corrected chi connectivity index (χ0v) is 17.3. The molecule has 3 rings (SSSR count). The first-order chi connectivity index (χ1) is 13.7. The Morgan fingerprint density at radius 3 is 2.07 bits per heavy atom. The molecule has 0 spiro atoms. The Kier molecular flexibility index (Phi) is 7.07. The third-order valence-electron chi connectivity index (χ3n) is 4.44. The molecule has 0 saturated heterocycles. The molecule has 154 valence electrons. The Balaban J connectivity index is 0.00000145. The molecule has 3 aromatic rings. The Morgan fingerprint density at radius 1 is 0.897 bits per heavy atom. The molecule has 0 saturated carbocycles. The van der Waals surface area contributed by atoms with Crippen molar-refractivity contribution in [2.24, 2.45) is 0 Å². The van der Waals surface area contributed by atoms with E-state index < -0.39 is 11.7 Å². The largest absolute Gasteiger partial charge is 0.416 e. The monoisotopic (exact) mass is 401 g/mol. The summed E-state index contributed by atoms with van der Waals surface area (Å²) in [5.74, 6) is -0.147. The van der Waals surface area contributed by atoms with Gasteiger partial charge in [-0.3, -0.25) is 4.79 Å². The van der Waals surface area contributed by atoms with Gasteiger partial charge in [-0.2, -0.15) is 13.2 Å². The number of carbonyl (C=O) groups is 1. The highest BCUT2D eigenvalue weighted by molar-refractivity contribution is 6.03. The van der Waals surface area contributed by atoms with Crippen LogP contribution in [0.25, 0.3) is 21.9 Å². The van der Waals surface area contributed by atoms with Crippen molar-refractivity contribution < 1.29 is 18.0 Å². The fourth-order valence-electron chi connectivity index (χ4n) is 3.07. The third kappa shape index (κ3) is 5.17. The number of hydrogen-bond donors (Lipinski definition) is 1. The zero-order valence-electron chi connectivity index (χ0n) is 17.3. The molecule has 5 heteroatoms. The van der Waals surface area contributed by atoms with Crippen LogP contribution < -0.4 is 5.32 Å². The van der Waals surface area contributed by atoms with E-state index in [-0.39, 0.29) is 11.9 Å². The molecule has 29 heavy (non-hydrogen) atoms. The Bertz CT molecular complexity index is 989. The maximum Gasteiger partial charge on any atom is 0.416 e. The normalized spacial score (nSPS) is 11.2. The van der Waals surface area contributed by atoms with Crippen LogP contribution in [-0.2, 0) is 6.18 Å². The van der Waals surface area contributed by atoms with Crippen LogP contribution in [0.5, 0.6) is 0 Å². The minimum atomic E-state index is -4.35. The van der Waals surface area contributed by atoms with E-state index in [9.17, 15) is 18.0 Å². The summed E-state index contributed by atoms with van der Waals surface area (Å²) in [6, 6.07) is 14.4. The standard InChI is InChI=1S/C22H20F3NO.C2H6/c1-13(2)26-21(27)16-7-11-19-18(10-4-14(3)20(19)12-16)15-5-8-17(9-6-15)22(23,24)25;1-2/h4-13H,1-3H3,(H,26,27);1-2H3. The van der Waals surface area contributed by atoms with Gasteiger partial charge in [-0.05, 0) is 72.5 Å². The van der Waals surface area contributed by atoms with Gasteiger partial charge in [0.25, 0.3) is 5.91 Å². The molecule has 1 amide bonds. The van der Waals surface area contributed by atoms with Crippen molar-refractivity contribution >= 4 is 16.7 Å². The minimum absolute atomic E-state index is 0.0350. The van der Waals surface area contributed by atoms with E-state index in [1.807, 2.05) is 58.9 Å². The van der Waals surface area contributed by atoms with Gasteiger partial charge < -0.3 is 5.32 Å². The summed E-state index contributed by atoms with van der Waals surface area (Å²) in [6.07, 6.45) is -4.35. The van der Waals surface area contributed by atoms with Crippen molar-refractivity contribution in [1.82, 2.24) is 5.32 Å². The summed E-state index contributed by atoms with van der Waals surface area (Å²) in [7, 11) is 0. The lowest BCUT2D eigenvalue weighted by molar-refractivity contribution is -0.137. The lowest BCUT2D eigenvalue weighted by Gasteiger charge is -2.13. The Hall–Kier alpha value is -2.82. The first kappa shape index (κ1) is 22.5. The van der Waals surface area contributed by atoms with E-state index in [2.05, 4.69) is 5.32 Å². The predicted octanol–water partition coefficient (Wildman–Crippen LogP) is 7.00. The number of amides is 1. The summed E-state index contributed by atoms with van der Waals surface area (Å²) >= 11 is 0. The molecule has 3 aromatic carbocycles. The van der Waals surface area contributed by atoms with Gasteiger partial charge in [0.05, 0.1) is 5.56 Å². The van der Waals surface area contributed by atoms with Gasteiger partial charge in [-0.15, -0.1) is 0 Å². The number of rotatable bonds is 3. The average Bonchev–Trinajstić information content (AvgIpc) is 2.68. The molecule has 0 aromatic heterocycles. The van der Waals surface area contributed by atoms with E-state index in [1.165, 1.54) is 12.1 Å². The van der Waals surface area contributed by atoms with Crippen LogP contribution in [0.3, 0.4) is 0 Å². The first-order valence-electron chi connectivity index (χ1n) is 9.68. The van der Waals surface area contributed by atoms with Gasteiger partial charge in [0, 0.05) is 11.6 Å². The van der Waals surface area contributed by atoms with Crippen molar-refractivity contribution in [3.8, 4) is 11.1 Å². The van der Waals surface area contributed by atoms with Gasteiger partial charge in [0.1, 0.15) is 0 Å². The van der Waals surface area contributed by atoms with Crippen LogP contribution in [0.2, 0.25) is 0 Å². The van der Waals surface area contributed by atoms with E-state index in [1.54, 1.807) is 6.07 Å². The third-order valence-corrected chi connectivity index (χ3v) is 4.44. The van der Waals surface area contributed by atoms with Gasteiger partial charge in [0.15, 0.2) is 0 Å². The second-order valence-corrected chi connectivity index (χ2v) is 6.89. The quantitative estimate of drug-likeness (QED) is 0.503. The molecular weight excluding hydrogens is 375 g/mol. The summed E-state index contributed by atoms with van der Waals surface area (Å²) in [5.41, 5.74) is 2.42. The number of aryl methyl sites for hydroxylation is 1. The molecule has 0 atom stereocenters. The number of benzene rings is 3. The maximum atomic E-state index is 12.8. The number of alkyl halides is 3. The van der Waals surface area contributed by atoms with E-state index in [4.69, 9.17) is 0 Å². The second-order valence-electron chi connectivity index (χ2n) is 6.89. The molecular formula is C24H26F3NO. The second kappa shape index (κ2) is 9.12. The molecule has 0 heterocycles. The summed E-state index contributed by atoms with van der Waals surface area (Å²) in [5, 5.41) is 4.67. The van der Waals surface area contributed by atoms with E-state index >= 15 is 0 Å². The van der Waals surface area contributed by atoms with Crippen molar-refractivity contribution in [2.75, 3.05) is 0 Å². The van der Waals surface area contributed by atoms with Crippen LogP contribution in [0.4, 0.5) is 13.2 Å². The molecule has 0 bridgehead atoms. The van der Waals surface area contributed by atoms with Crippen LogP contribution in [-0.4, -0.2) is 11.9 Å². The number of halogens is 3. The molecule has 0 radical (unpaired) electrons. The summed E-state index contributed by atoms with van der Waals surface area (Å²) < 4.78 is 38.4. The van der Waals surface area contributed by atoms with Crippen LogP contribution in [0, 0.1) is 6.92 Å². The van der Waals surface area contributed by atoms with Gasteiger partial charge in [0.2, 0.25) is 0 Å².